The van der Waals surface area contributed by atoms with Crippen molar-refractivity contribution in [3.8, 4) is 0 Å². The van der Waals surface area contributed by atoms with Gasteiger partial charge in [-0.05, 0) is 12.3 Å². The summed E-state index contributed by atoms with van der Waals surface area (Å²) in [5.41, 5.74) is 5.50. The van der Waals surface area contributed by atoms with Gasteiger partial charge in [0.25, 0.3) is 5.70 Å². The Morgan fingerprint density at radius 3 is 3.14 bits per heavy atom. The first kappa shape index (κ1) is 11.4. The maximum atomic E-state index is 10.6. The number of hydrogen-bond acceptors (Lipinski definition) is 6. The van der Waals surface area contributed by atoms with Crippen LogP contribution in [-0.4, -0.2) is 22.6 Å². The van der Waals surface area contributed by atoms with E-state index in [0.717, 1.165) is 5.75 Å². The molecule has 0 fully saturated rings. The summed E-state index contributed by atoms with van der Waals surface area (Å²) >= 11 is 0. The monoisotopic (exact) mass is 233 g/mol. The SMILES string of the molecule is NCCSSC1NC=CC=C1[N+](=O)[O-]. The summed E-state index contributed by atoms with van der Waals surface area (Å²) in [6.07, 6.45) is 4.84. The summed E-state index contributed by atoms with van der Waals surface area (Å²) in [6.45, 7) is 0.581. The number of nitro groups is 1. The van der Waals surface area contributed by atoms with E-state index < -0.39 is 0 Å². The van der Waals surface area contributed by atoms with Gasteiger partial charge in [0.15, 0.2) is 5.37 Å². The smallest absolute Gasteiger partial charge is 0.279 e. The Morgan fingerprint density at radius 2 is 2.50 bits per heavy atom. The van der Waals surface area contributed by atoms with Crippen LogP contribution in [0, 0.1) is 10.1 Å². The standard InChI is InChI=1S/C7H11N3O2S2/c8-3-5-13-14-7-6(10(11)12)2-1-4-9-7/h1-2,4,7,9H,3,5,8H2. The van der Waals surface area contributed by atoms with Crippen molar-refractivity contribution in [2.24, 2.45) is 5.73 Å². The van der Waals surface area contributed by atoms with Crippen molar-refractivity contribution < 1.29 is 4.92 Å². The third kappa shape index (κ3) is 3.24. The number of dihydropyridines is 1. The van der Waals surface area contributed by atoms with Crippen LogP contribution in [0.5, 0.6) is 0 Å². The molecular weight excluding hydrogens is 222 g/mol. The van der Waals surface area contributed by atoms with E-state index in [0.29, 0.717) is 6.54 Å². The zero-order valence-electron chi connectivity index (χ0n) is 7.38. The highest BCUT2D eigenvalue weighted by Crippen LogP contribution is 2.30. The first-order chi connectivity index (χ1) is 6.75. The summed E-state index contributed by atoms with van der Waals surface area (Å²) in [4.78, 5) is 10.2. The molecule has 1 aliphatic rings. The van der Waals surface area contributed by atoms with Crippen LogP contribution in [0.2, 0.25) is 0 Å². The summed E-state index contributed by atoms with van der Waals surface area (Å²) < 4.78 is 0. The van der Waals surface area contributed by atoms with Gasteiger partial charge in [-0.25, -0.2) is 0 Å². The molecule has 1 rings (SSSR count). The van der Waals surface area contributed by atoms with E-state index in [1.54, 1.807) is 12.3 Å². The molecule has 7 heteroatoms. The molecule has 3 N–H and O–H groups in total. The van der Waals surface area contributed by atoms with Crippen LogP contribution in [0.25, 0.3) is 0 Å². The topological polar surface area (TPSA) is 81.2 Å². The molecule has 0 aromatic carbocycles. The van der Waals surface area contributed by atoms with Gasteiger partial charge >= 0.3 is 0 Å². The maximum absolute atomic E-state index is 10.6. The Morgan fingerprint density at radius 1 is 1.71 bits per heavy atom. The lowest BCUT2D eigenvalue weighted by atomic mass is 10.3. The minimum atomic E-state index is -0.364. The molecule has 1 heterocycles. The number of nitrogens with one attached hydrogen (secondary N) is 1. The van der Waals surface area contributed by atoms with Crippen LogP contribution in [0.15, 0.2) is 24.0 Å². The fourth-order valence-electron chi connectivity index (χ4n) is 0.860. The maximum Gasteiger partial charge on any atom is 0.279 e. The van der Waals surface area contributed by atoms with Crippen LogP contribution in [0.1, 0.15) is 0 Å². The number of nitrogens with zero attached hydrogens (tertiary/aromatic N) is 1. The Kier molecular flexibility index (Phi) is 4.85. The number of hydrogen-bond donors (Lipinski definition) is 2. The molecule has 0 bridgehead atoms. The van der Waals surface area contributed by atoms with Crippen molar-refractivity contribution in [1.29, 1.82) is 0 Å². The van der Waals surface area contributed by atoms with E-state index in [1.807, 2.05) is 0 Å². The van der Waals surface area contributed by atoms with Crippen LogP contribution in [0.4, 0.5) is 0 Å². The number of allylic oxidation sites excluding steroid dienone is 2. The summed E-state index contributed by atoms with van der Waals surface area (Å²) in [5.74, 6) is 0.789. The molecule has 0 spiro atoms. The van der Waals surface area contributed by atoms with Crippen LogP contribution in [0.3, 0.4) is 0 Å². The highest BCUT2D eigenvalue weighted by molar-refractivity contribution is 8.77. The normalized spacial score (nSPS) is 20.1. The van der Waals surface area contributed by atoms with Crippen molar-refractivity contribution in [1.82, 2.24) is 5.32 Å². The highest BCUT2D eigenvalue weighted by Gasteiger charge is 2.25. The van der Waals surface area contributed by atoms with Crippen LogP contribution < -0.4 is 11.1 Å². The van der Waals surface area contributed by atoms with Crippen molar-refractivity contribution in [3.63, 3.8) is 0 Å². The molecule has 78 valence electrons. The Labute approximate surface area is 89.7 Å². The average Bonchev–Trinajstić information content (AvgIpc) is 2.19. The minimum Gasteiger partial charge on any atom is -0.370 e. The second-order valence-electron chi connectivity index (χ2n) is 2.46. The second kappa shape index (κ2) is 5.94. The van der Waals surface area contributed by atoms with E-state index in [-0.39, 0.29) is 16.0 Å². The average molecular weight is 233 g/mol. The molecule has 5 nitrogen and oxygen atoms in total. The third-order valence-electron chi connectivity index (χ3n) is 1.46. The van der Waals surface area contributed by atoms with Crippen LogP contribution in [-0.2, 0) is 0 Å². The molecule has 0 aliphatic carbocycles. The minimum absolute atomic E-state index is 0.182. The molecule has 1 atom stereocenters. The van der Waals surface area contributed by atoms with Gasteiger partial charge in [-0.2, -0.15) is 0 Å². The number of rotatable bonds is 5. The fraction of sp³-hybridized carbons (Fsp3) is 0.429. The molecular formula is C7H11N3O2S2. The zero-order valence-corrected chi connectivity index (χ0v) is 9.01. The van der Waals surface area contributed by atoms with Gasteiger partial charge in [0.05, 0.1) is 4.92 Å². The molecule has 14 heavy (non-hydrogen) atoms. The summed E-state index contributed by atoms with van der Waals surface area (Å²) in [5, 5.41) is 13.2. The fourth-order valence-corrected chi connectivity index (χ4v) is 3.03. The molecule has 0 amide bonds. The second-order valence-corrected chi connectivity index (χ2v) is 5.05. The van der Waals surface area contributed by atoms with Gasteiger partial charge in [0.1, 0.15) is 0 Å². The van der Waals surface area contributed by atoms with E-state index in [9.17, 15) is 10.1 Å². The van der Waals surface area contributed by atoms with Gasteiger partial charge in [-0.3, -0.25) is 10.1 Å². The summed E-state index contributed by atoms with van der Waals surface area (Å²) in [6, 6.07) is 0. The number of nitrogens with two attached hydrogens (primary N) is 1. The van der Waals surface area contributed by atoms with Crippen molar-refractivity contribution >= 4 is 21.6 Å². The van der Waals surface area contributed by atoms with E-state index in [1.165, 1.54) is 27.7 Å². The van der Waals surface area contributed by atoms with Crippen molar-refractivity contribution in [2.75, 3.05) is 12.3 Å². The predicted molar refractivity (Wildman–Crippen MR) is 60.2 cm³/mol. The van der Waals surface area contributed by atoms with Crippen molar-refractivity contribution in [2.45, 2.75) is 5.37 Å². The lowest BCUT2D eigenvalue weighted by molar-refractivity contribution is -0.427. The van der Waals surface area contributed by atoms with Crippen molar-refractivity contribution in [3.05, 3.63) is 34.2 Å². The zero-order chi connectivity index (χ0) is 10.4. The lowest BCUT2D eigenvalue weighted by Gasteiger charge is -2.15. The molecule has 0 saturated heterocycles. The Balaban J connectivity index is 2.47. The van der Waals surface area contributed by atoms with E-state index in [2.05, 4.69) is 5.32 Å². The first-order valence-electron chi connectivity index (χ1n) is 4.01. The van der Waals surface area contributed by atoms with E-state index in [4.69, 9.17) is 5.73 Å². The molecule has 1 unspecified atom stereocenters. The first-order valence-corrected chi connectivity index (χ1v) is 6.39. The third-order valence-corrected chi connectivity index (χ3v) is 4.05. The quantitative estimate of drug-likeness (QED) is 0.318. The van der Waals surface area contributed by atoms with Gasteiger partial charge in [-0.1, -0.05) is 21.6 Å². The molecule has 0 aromatic rings. The van der Waals surface area contributed by atoms with Gasteiger partial charge in [0, 0.05) is 18.4 Å². The highest BCUT2D eigenvalue weighted by atomic mass is 33.1. The van der Waals surface area contributed by atoms with Gasteiger partial charge in [-0.15, -0.1) is 0 Å². The molecule has 0 aromatic heterocycles. The lowest BCUT2D eigenvalue weighted by Crippen LogP contribution is -2.28. The molecule has 0 saturated carbocycles. The molecule has 1 aliphatic heterocycles. The summed E-state index contributed by atoms with van der Waals surface area (Å²) in [7, 11) is 2.95. The molecule has 0 radical (unpaired) electrons. The largest absolute Gasteiger partial charge is 0.370 e. The van der Waals surface area contributed by atoms with E-state index >= 15 is 0 Å². The Hall–Kier alpha value is -0.660. The van der Waals surface area contributed by atoms with Gasteiger partial charge < -0.3 is 11.1 Å². The van der Waals surface area contributed by atoms with Crippen LogP contribution >= 0.6 is 21.6 Å². The van der Waals surface area contributed by atoms with Gasteiger partial charge in [0.2, 0.25) is 0 Å². The predicted octanol–water partition coefficient (Wildman–Crippen LogP) is 0.930. The Bertz CT molecular complexity index is 268.